The number of nitrogens with zero attached hydrogens (tertiary/aromatic N) is 1. The topological polar surface area (TPSA) is 38.1 Å². The molecule has 4 heteroatoms. The molecule has 2 aromatic rings. The maximum Gasteiger partial charge on any atom is 0.180 e. The first-order valence-corrected chi connectivity index (χ1v) is 6.03. The second-order valence-electron chi connectivity index (χ2n) is 3.88. The molecule has 0 aliphatic carbocycles. The van der Waals surface area contributed by atoms with E-state index >= 15 is 0 Å². The van der Waals surface area contributed by atoms with Crippen molar-refractivity contribution in [3.63, 3.8) is 0 Å². The van der Waals surface area contributed by atoms with Crippen molar-refractivity contribution in [2.45, 2.75) is 25.9 Å². The molecule has 0 fully saturated rings. The van der Waals surface area contributed by atoms with Crippen molar-refractivity contribution in [2.24, 2.45) is 0 Å². The molecule has 0 aliphatic heterocycles. The van der Waals surface area contributed by atoms with Crippen LogP contribution in [0, 0.1) is 0 Å². The van der Waals surface area contributed by atoms with Gasteiger partial charge in [0.05, 0.1) is 5.69 Å². The fraction of sp³-hybridized carbons (Fsp3) is 0.308. The van der Waals surface area contributed by atoms with Crippen molar-refractivity contribution in [2.75, 3.05) is 0 Å². The zero-order valence-electron chi connectivity index (χ0n) is 9.69. The molecule has 2 rings (SSSR count). The first kappa shape index (κ1) is 12.1. The van der Waals surface area contributed by atoms with Gasteiger partial charge in [0.15, 0.2) is 6.39 Å². The third-order valence-electron chi connectivity index (χ3n) is 2.67. The number of hydrogen-bond donors (Lipinski definition) is 1. The minimum absolute atomic E-state index is 0.283. The second-order valence-corrected chi connectivity index (χ2v) is 4.31. The van der Waals surface area contributed by atoms with Crippen LogP contribution in [0.4, 0.5) is 0 Å². The summed E-state index contributed by atoms with van der Waals surface area (Å²) in [4.78, 5) is 4.08. The highest BCUT2D eigenvalue weighted by Gasteiger charge is 2.09. The zero-order valence-corrected chi connectivity index (χ0v) is 10.4. The van der Waals surface area contributed by atoms with E-state index in [1.165, 1.54) is 12.0 Å². The van der Waals surface area contributed by atoms with Gasteiger partial charge in [-0.2, -0.15) is 0 Å². The maximum atomic E-state index is 5.99. The second kappa shape index (κ2) is 5.84. The largest absolute Gasteiger partial charge is 0.451 e. The van der Waals surface area contributed by atoms with E-state index in [0.717, 1.165) is 17.1 Å². The molecule has 0 bridgehead atoms. The van der Waals surface area contributed by atoms with Gasteiger partial charge in [0.25, 0.3) is 0 Å². The van der Waals surface area contributed by atoms with Crippen molar-refractivity contribution in [1.82, 2.24) is 10.3 Å². The molecule has 1 atom stereocenters. The summed E-state index contributed by atoms with van der Waals surface area (Å²) in [6.07, 6.45) is 4.09. The Morgan fingerprint density at radius 3 is 3.00 bits per heavy atom. The Morgan fingerprint density at radius 1 is 1.47 bits per heavy atom. The highest BCUT2D eigenvalue weighted by molar-refractivity contribution is 6.30. The van der Waals surface area contributed by atoms with Gasteiger partial charge in [0, 0.05) is 17.6 Å². The lowest BCUT2D eigenvalue weighted by Gasteiger charge is -2.16. The van der Waals surface area contributed by atoms with Crippen LogP contribution in [0.2, 0.25) is 5.02 Å². The molecule has 17 heavy (non-hydrogen) atoms. The Bertz CT molecular complexity index is 456. The summed E-state index contributed by atoms with van der Waals surface area (Å²) < 4.78 is 4.93. The van der Waals surface area contributed by atoms with Crippen LogP contribution < -0.4 is 5.32 Å². The Morgan fingerprint density at radius 2 is 2.35 bits per heavy atom. The standard InChI is InChI=1S/C13H15ClN2O/c1-2-13(10-4-3-5-11(14)6-10)15-7-12-8-17-9-16-12/h3-6,8-9,13,15H,2,7H2,1H3. The SMILES string of the molecule is CCC(NCc1cocn1)c1cccc(Cl)c1. The van der Waals surface area contributed by atoms with Crippen molar-refractivity contribution in [1.29, 1.82) is 0 Å². The lowest BCUT2D eigenvalue weighted by atomic mass is 10.0. The summed E-state index contributed by atoms with van der Waals surface area (Å²) in [5.41, 5.74) is 2.11. The Kier molecular flexibility index (Phi) is 4.18. The van der Waals surface area contributed by atoms with Gasteiger partial charge in [-0.25, -0.2) is 4.98 Å². The fourth-order valence-electron chi connectivity index (χ4n) is 1.77. The van der Waals surface area contributed by atoms with Gasteiger partial charge in [0.2, 0.25) is 0 Å². The Hall–Kier alpha value is -1.32. The number of hydrogen-bond acceptors (Lipinski definition) is 3. The van der Waals surface area contributed by atoms with Crippen LogP contribution in [-0.4, -0.2) is 4.98 Å². The molecule has 0 radical (unpaired) electrons. The van der Waals surface area contributed by atoms with E-state index in [2.05, 4.69) is 23.3 Å². The number of rotatable bonds is 5. The number of benzene rings is 1. The third kappa shape index (κ3) is 3.32. The van der Waals surface area contributed by atoms with Gasteiger partial charge in [-0.15, -0.1) is 0 Å². The summed E-state index contributed by atoms with van der Waals surface area (Å²) in [7, 11) is 0. The molecule has 1 heterocycles. The smallest absolute Gasteiger partial charge is 0.180 e. The summed E-state index contributed by atoms with van der Waals surface area (Å²) in [5, 5.41) is 4.20. The quantitative estimate of drug-likeness (QED) is 0.882. The molecule has 1 aromatic carbocycles. The molecule has 0 spiro atoms. The van der Waals surface area contributed by atoms with Gasteiger partial charge >= 0.3 is 0 Å². The van der Waals surface area contributed by atoms with Crippen LogP contribution in [0.1, 0.15) is 30.6 Å². The average molecular weight is 251 g/mol. The van der Waals surface area contributed by atoms with E-state index in [-0.39, 0.29) is 6.04 Å². The average Bonchev–Trinajstić information content (AvgIpc) is 2.83. The van der Waals surface area contributed by atoms with E-state index in [1.54, 1.807) is 6.26 Å². The molecule has 90 valence electrons. The predicted molar refractivity (Wildman–Crippen MR) is 67.8 cm³/mol. The molecule has 3 nitrogen and oxygen atoms in total. The first-order valence-electron chi connectivity index (χ1n) is 5.65. The molecule has 0 saturated carbocycles. The Labute approximate surface area is 106 Å². The van der Waals surface area contributed by atoms with E-state index in [0.29, 0.717) is 6.54 Å². The van der Waals surface area contributed by atoms with Crippen molar-refractivity contribution in [3.8, 4) is 0 Å². The van der Waals surface area contributed by atoms with Crippen LogP contribution >= 0.6 is 11.6 Å². The van der Waals surface area contributed by atoms with Crippen molar-refractivity contribution >= 4 is 11.6 Å². The highest BCUT2D eigenvalue weighted by atomic mass is 35.5. The summed E-state index contributed by atoms with van der Waals surface area (Å²) in [5.74, 6) is 0. The Balaban J connectivity index is 2.01. The predicted octanol–water partition coefficient (Wildman–Crippen LogP) is 3.57. The van der Waals surface area contributed by atoms with Crippen molar-refractivity contribution < 1.29 is 4.42 Å². The summed E-state index contributed by atoms with van der Waals surface area (Å²) >= 11 is 5.99. The van der Waals surface area contributed by atoms with E-state index in [1.807, 2.05) is 18.2 Å². The zero-order chi connectivity index (χ0) is 12.1. The third-order valence-corrected chi connectivity index (χ3v) is 2.91. The molecular weight excluding hydrogens is 236 g/mol. The van der Waals surface area contributed by atoms with Crippen LogP contribution in [0.25, 0.3) is 0 Å². The summed E-state index contributed by atoms with van der Waals surface area (Å²) in [6.45, 7) is 2.84. The van der Waals surface area contributed by atoms with Gasteiger partial charge in [0.1, 0.15) is 6.26 Å². The maximum absolute atomic E-state index is 5.99. The molecular formula is C13H15ClN2O. The monoisotopic (exact) mass is 250 g/mol. The van der Waals surface area contributed by atoms with Gasteiger partial charge in [-0.1, -0.05) is 30.7 Å². The molecule has 1 unspecified atom stereocenters. The van der Waals surface area contributed by atoms with Crippen LogP contribution in [0.3, 0.4) is 0 Å². The van der Waals surface area contributed by atoms with E-state index in [4.69, 9.17) is 16.0 Å². The van der Waals surface area contributed by atoms with Gasteiger partial charge < -0.3 is 9.73 Å². The van der Waals surface area contributed by atoms with Gasteiger partial charge in [-0.3, -0.25) is 0 Å². The lowest BCUT2D eigenvalue weighted by Crippen LogP contribution is -2.20. The lowest BCUT2D eigenvalue weighted by molar-refractivity contribution is 0.511. The highest BCUT2D eigenvalue weighted by Crippen LogP contribution is 2.20. The van der Waals surface area contributed by atoms with Gasteiger partial charge in [-0.05, 0) is 24.1 Å². The molecule has 0 amide bonds. The first-order chi connectivity index (χ1) is 8.29. The van der Waals surface area contributed by atoms with E-state index < -0.39 is 0 Å². The normalized spacial score (nSPS) is 12.6. The van der Waals surface area contributed by atoms with Crippen molar-refractivity contribution in [3.05, 3.63) is 53.2 Å². The molecule has 1 N–H and O–H groups in total. The summed E-state index contributed by atoms with van der Waals surface area (Å²) in [6, 6.07) is 8.21. The van der Waals surface area contributed by atoms with E-state index in [9.17, 15) is 0 Å². The fourth-order valence-corrected chi connectivity index (χ4v) is 1.97. The molecule has 1 aromatic heterocycles. The van der Waals surface area contributed by atoms with Crippen LogP contribution in [0.5, 0.6) is 0 Å². The number of halogens is 1. The molecule has 0 saturated heterocycles. The molecule has 0 aliphatic rings. The number of oxazole rings is 1. The van der Waals surface area contributed by atoms with Crippen LogP contribution in [-0.2, 0) is 6.54 Å². The minimum Gasteiger partial charge on any atom is -0.451 e. The number of nitrogens with one attached hydrogen (secondary N) is 1. The number of aromatic nitrogens is 1. The minimum atomic E-state index is 0.283. The van der Waals surface area contributed by atoms with Crippen LogP contribution in [0.15, 0.2) is 41.3 Å².